The molecule has 3 aromatic rings. The molecular formula is C19H14ClF3N2OS. The Morgan fingerprint density at radius 3 is 2.41 bits per heavy atom. The van der Waals surface area contributed by atoms with Crippen molar-refractivity contribution in [2.24, 2.45) is 0 Å². The molecule has 1 N–H and O–H groups in total. The number of rotatable bonds is 3. The van der Waals surface area contributed by atoms with E-state index >= 15 is 0 Å². The summed E-state index contributed by atoms with van der Waals surface area (Å²) in [5, 5.41) is 3.34. The van der Waals surface area contributed by atoms with Gasteiger partial charge in [-0.3, -0.25) is 4.79 Å². The fourth-order valence-corrected chi connectivity index (χ4v) is 3.68. The molecule has 140 valence electrons. The van der Waals surface area contributed by atoms with E-state index in [9.17, 15) is 18.0 Å². The Labute approximate surface area is 162 Å². The number of aromatic nitrogens is 1. The number of aryl methyl sites for hydroxylation is 2. The van der Waals surface area contributed by atoms with Crippen LogP contribution in [0.15, 0.2) is 42.5 Å². The Bertz CT molecular complexity index is 997. The maximum absolute atomic E-state index is 13.2. The third kappa shape index (κ3) is 4.14. The predicted octanol–water partition coefficient (Wildman–Crippen LogP) is 6.35. The van der Waals surface area contributed by atoms with Crippen LogP contribution in [0.5, 0.6) is 0 Å². The molecule has 1 heterocycles. The fraction of sp³-hybridized carbons (Fsp3) is 0.158. The molecule has 0 bridgehead atoms. The topological polar surface area (TPSA) is 42.0 Å². The second kappa shape index (κ2) is 7.32. The van der Waals surface area contributed by atoms with Crippen molar-refractivity contribution in [1.82, 2.24) is 4.98 Å². The normalized spacial score (nSPS) is 11.5. The Balaban J connectivity index is 2.01. The molecule has 0 unspecified atom stereocenters. The minimum absolute atomic E-state index is 0.176. The number of hydrogen-bond acceptors (Lipinski definition) is 3. The lowest BCUT2D eigenvalue weighted by atomic mass is 9.98. The first-order valence-corrected chi connectivity index (χ1v) is 9.08. The number of halogens is 4. The zero-order valence-corrected chi connectivity index (χ0v) is 15.9. The van der Waals surface area contributed by atoms with E-state index in [1.165, 1.54) is 6.92 Å². The van der Waals surface area contributed by atoms with E-state index in [2.05, 4.69) is 10.3 Å². The van der Waals surface area contributed by atoms with Crippen molar-refractivity contribution in [3.8, 4) is 11.1 Å². The summed E-state index contributed by atoms with van der Waals surface area (Å²) in [6, 6.07) is 12.2. The summed E-state index contributed by atoms with van der Waals surface area (Å²) >= 11 is 6.64. The van der Waals surface area contributed by atoms with Crippen LogP contribution in [-0.2, 0) is 6.18 Å². The van der Waals surface area contributed by atoms with Crippen molar-refractivity contribution in [3.63, 3.8) is 0 Å². The van der Waals surface area contributed by atoms with Gasteiger partial charge in [0.1, 0.15) is 4.88 Å². The monoisotopic (exact) mass is 410 g/mol. The predicted molar refractivity (Wildman–Crippen MR) is 101 cm³/mol. The molecule has 1 aromatic heterocycles. The van der Waals surface area contributed by atoms with E-state index in [1.54, 1.807) is 36.4 Å². The zero-order valence-electron chi connectivity index (χ0n) is 14.3. The van der Waals surface area contributed by atoms with Crippen LogP contribution < -0.4 is 5.32 Å². The first-order valence-electron chi connectivity index (χ1n) is 7.88. The maximum Gasteiger partial charge on any atom is 0.435 e. The average molecular weight is 411 g/mol. The molecule has 0 aliphatic rings. The molecule has 0 aliphatic carbocycles. The Morgan fingerprint density at radius 2 is 1.78 bits per heavy atom. The highest BCUT2D eigenvalue weighted by Gasteiger charge is 2.39. The minimum atomic E-state index is -4.69. The number of amides is 1. The summed E-state index contributed by atoms with van der Waals surface area (Å²) in [5.74, 6) is -0.839. The molecule has 1 amide bonds. The Morgan fingerprint density at radius 1 is 1.11 bits per heavy atom. The van der Waals surface area contributed by atoms with Gasteiger partial charge in [0.2, 0.25) is 0 Å². The van der Waals surface area contributed by atoms with E-state index in [0.717, 1.165) is 16.7 Å². The number of carbonyl (C=O) groups excluding carboxylic acids is 1. The molecule has 0 spiro atoms. The highest BCUT2D eigenvalue weighted by molar-refractivity contribution is 7.13. The molecule has 27 heavy (non-hydrogen) atoms. The van der Waals surface area contributed by atoms with Gasteiger partial charge in [-0.25, -0.2) is 4.98 Å². The van der Waals surface area contributed by atoms with Crippen molar-refractivity contribution in [2.45, 2.75) is 20.0 Å². The molecule has 3 nitrogen and oxygen atoms in total. The van der Waals surface area contributed by atoms with Crippen molar-refractivity contribution in [2.75, 3.05) is 5.32 Å². The number of anilines is 1. The Kier molecular flexibility index (Phi) is 5.26. The zero-order chi connectivity index (χ0) is 19.8. The molecule has 3 rings (SSSR count). The summed E-state index contributed by atoms with van der Waals surface area (Å²) in [7, 11) is 0. The highest BCUT2D eigenvalue weighted by Crippen LogP contribution is 2.36. The summed E-state index contributed by atoms with van der Waals surface area (Å²) < 4.78 is 39.5. The third-order valence-corrected chi connectivity index (χ3v) is 5.08. The largest absolute Gasteiger partial charge is 0.435 e. The van der Waals surface area contributed by atoms with Gasteiger partial charge in [0.25, 0.3) is 5.91 Å². The fourth-order valence-electron chi connectivity index (χ4n) is 2.72. The van der Waals surface area contributed by atoms with Gasteiger partial charge in [-0.1, -0.05) is 35.9 Å². The van der Waals surface area contributed by atoms with Crippen LogP contribution in [-0.4, -0.2) is 10.9 Å². The van der Waals surface area contributed by atoms with Crippen LogP contribution in [0.2, 0.25) is 5.02 Å². The molecular weight excluding hydrogens is 397 g/mol. The van der Waals surface area contributed by atoms with E-state index in [1.807, 2.05) is 13.0 Å². The van der Waals surface area contributed by atoms with Crippen LogP contribution in [0.25, 0.3) is 11.1 Å². The van der Waals surface area contributed by atoms with Gasteiger partial charge in [-0.2, -0.15) is 13.2 Å². The SMILES string of the molecule is Cc1nc(C(F)(F)F)c(C(=O)Nc2cccc(C)c2-c2ccc(Cl)cc2)s1. The van der Waals surface area contributed by atoms with Gasteiger partial charge in [0.05, 0.1) is 5.01 Å². The van der Waals surface area contributed by atoms with Gasteiger partial charge in [0.15, 0.2) is 5.69 Å². The smallest absolute Gasteiger partial charge is 0.321 e. The Hall–Kier alpha value is -2.38. The third-order valence-electron chi connectivity index (χ3n) is 3.86. The van der Waals surface area contributed by atoms with Gasteiger partial charge >= 0.3 is 6.18 Å². The molecule has 0 atom stereocenters. The molecule has 2 aromatic carbocycles. The molecule has 0 saturated carbocycles. The lowest BCUT2D eigenvalue weighted by molar-refractivity contribution is -0.141. The van der Waals surface area contributed by atoms with Crippen molar-refractivity contribution < 1.29 is 18.0 Å². The van der Waals surface area contributed by atoms with E-state index in [4.69, 9.17) is 11.6 Å². The quantitative estimate of drug-likeness (QED) is 0.546. The number of nitrogens with zero attached hydrogens (tertiary/aromatic N) is 1. The molecule has 0 radical (unpaired) electrons. The van der Waals surface area contributed by atoms with Crippen LogP contribution in [0, 0.1) is 13.8 Å². The second-order valence-electron chi connectivity index (χ2n) is 5.87. The standard InChI is InChI=1S/C19H14ClF3N2OS/c1-10-4-3-5-14(15(10)12-6-8-13(20)9-7-12)25-18(26)16-17(19(21,22)23)24-11(2)27-16/h3-9H,1-2H3,(H,25,26). The van der Waals surface area contributed by atoms with Gasteiger partial charge in [0, 0.05) is 16.3 Å². The van der Waals surface area contributed by atoms with Crippen molar-refractivity contribution >= 4 is 34.5 Å². The molecule has 0 saturated heterocycles. The van der Waals surface area contributed by atoms with Crippen LogP contribution >= 0.6 is 22.9 Å². The maximum atomic E-state index is 13.2. The highest BCUT2D eigenvalue weighted by atomic mass is 35.5. The van der Waals surface area contributed by atoms with E-state index < -0.39 is 22.7 Å². The number of hydrogen-bond donors (Lipinski definition) is 1. The van der Waals surface area contributed by atoms with Crippen molar-refractivity contribution in [3.05, 3.63) is 68.6 Å². The van der Waals surface area contributed by atoms with Gasteiger partial charge in [-0.05, 0) is 43.2 Å². The summed E-state index contributed by atoms with van der Waals surface area (Å²) in [4.78, 5) is 15.6. The second-order valence-corrected chi connectivity index (χ2v) is 7.51. The van der Waals surface area contributed by atoms with E-state index in [0.29, 0.717) is 22.0 Å². The van der Waals surface area contributed by atoms with Gasteiger partial charge < -0.3 is 5.32 Å². The van der Waals surface area contributed by atoms with Crippen LogP contribution in [0.4, 0.5) is 18.9 Å². The lowest BCUT2D eigenvalue weighted by Gasteiger charge is -2.14. The minimum Gasteiger partial charge on any atom is -0.321 e. The lowest BCUT2D eigenvalue weighted by Crippen LogP contribution is -2.17. The number of nitrogens with one attached hydrogen (secondary N) is 1. The summed E-state index contributed by atoms with van der Waals surface area (Å²) in [6.07, 6.45) is -4.69. The molecule has 8 heteroatoms. The number of thiazole rings is 1. The number of carbonyl (C=O) groups is 1. The van der Waals surface area contributed by atoms with Crippen LogP contribution in [0.1, 0.15) is 25.9 Å². The average Bonchev–Trinajstić information content (AvgIpc) is 2.99. The van der Waals surface area contributed by atoms with Gasteiger partial charge in [-0.15, -0.1) is 11.3 Å². The van der Waals surface area contributed by atoms with Crippen LogP contribution in [0.3, 0.4) is 0 Å². The number of benzene rings is 2. The number of alkyl halides is 3. The summed E-state index contributed by atoms with van der Waals surface area (Å²) in [5.41, 5.74) is 1.64. The summed E-state index contributed by atoms with van der Waals surface area (Å²) in [6.45, 7) is 3.29. The first kappa shape index (κ1) is 19.4. The molecule has 0 aliphatic heterocycles. The molecule has 0 fully saturated rings. The van der Waals surface area contributed by atoms with E-state index in [-0.39, 0.29) is 5.01 Å². The van der Waals surface area contributed by atoms with Crippen molar-refractivity contribution in [1.29, 1.82) is 0 Å². The first-order chi connectivity index (χ1) is 12.7.